The number of sulfonamides is 1. The number of carbonyl (C=O) groups is 1. The molecule has 154 valence electrons. The molecule has 0 unspecified atom stereocenters. The maximum atomic E-state index is 13.1. The lowest BCUT2D eigenvalue weighted by Gasteiger charge is -2.22. The number of pyridine rings is 1. The number of carbonyl (C=O) groups excluding carboxylic acids is 1. The quantitative estimate of drug-likeness (QED) is 0.427. The Hall–Kier alpha value is -2.94. The van der Waals surface area contributed by atoms with Crippen LogP contribution in [0.5, 0.6) is 0 Å². The van der Waals surface area contributed by atoms with Gasteiger partial charge in [-0.15, -0.1) is 0 Å². The average Bonchev–Trinajstić information content (AvgIpc) is 2.75. The number of hydrogen-bond acceptors (Lipinski definition) is 5. The van der Waals surface area contributed by atoms with Gasteiger partial charge < -0.3 is 0 Å². The zero-order chi connectivity index (χ0) is 21.6. The van der Waals surface area contributed by atoms with Gasteiger partial charge in [0.1, 0.15) is 12.4 Å². The van der Waals surface area contributed by atoms with Gasteiger partial charge in [0.2, 0.25) is 0 Å². The van der Waals surface area contributed by atoms with E-state index < -0.39 is 22.5 Å². The van der Waals surface area contributed by atoms with Crippen LogP contribution < -0.4 is 9.73 Å². The van der Waals surface area contributed by atoms with E-state index in [1.807, 2.05) is 0 Å². The molecule has 1 N–H and O–H groups in total. The van der Waals surface area contributed by atoms with Gasteiger partial charge in [-0.1, -0.05) is 53.5 Å². The van der Waals surface area contributed by atoms with E-state index in [2.05, 4.69) is 15.5 Å². The van der Waals surface area contributed by atoms with Crippen LogP contribution in [0.25, 0.3) is 0 Å². The van der Waals surface area contributed by atoms with Crippen LogP contribution in [0.2, 0.25) is 10.0 Å². The zero-order valence-electron chi connectivity index (χ0n) is 15.4. The summed E-state index contributed by atoms with van der Waals surface area (Å²) in [6.45, 7) is -0.514. The van der Waals surface area contributed by atoms with Crippen molar-refractivity contribution in [3.05, 3.63) is 88.5 Å². The van der Waals surface area contributed by atoms with Crippen molar-refractivity contribution in [1.82, 2.24) is 10.4 Å². The average molecular weight is 463 g/mol. The number of aromatic nitrogens is 1. The number of hydrogen-bond donors (Lipinski definition) is 1. The summed E-state index contributed by atoms with van der Waals surface area (Å²) < 4.78 is 27.1. The molecule has 1 aromatic heterocycles. The Bertz CT molecular complexity index is 1160. The summed E-state index contributed by atoms with van der Waals surface area (Å²) in [6.07, 6.45) is 2.79. The van der Waals surface area contributed by atoms with E-state index in [9.17, 15) is 13.2 Å². The van der Waals surface area contributed by atoms with Crippen LogP contribution in [-0.2, 0) is 14.8 Å². The maximum absolute atomic E-state index is 13.1. The van der Waals surface area contributed by atoms with Crippen LogP contribution in [0.1, 0.15) is 5.56 Å². The number of anilines is 1. The molecule has 0 saturated carbocycles. The minimum absolute atomic E-state index is 0.0416. The molecule has 0 aliphatic rings. The standard InChI is InChI=1S/C20H16Cl2N4O3S/c21-16-10-9-15(18(22)12-16)13-24-25-20(27)14-26(19-8-4-5-11-23-19)30(28,29)17-6-2-1-3-7-17/h1-13H,14H2,(H,25,27)/b24-13-. The summed E-state index contributed by atoms with van der Waals surface area (Å²) in [5.74, 6) is -0.539. The molecule has 2 aromatic carbocycles. The largest absolute Gasteiger partial charge is 0.271 e. The third-order valence-corrected chi connectivity index (χ3v) is 6.21. The fraction of sp³-hybridized carbons (Fsp3) is 0.0500. The van der Waals surface area contributed by atoms with E-state index >= 15 is 0 Å². The molecule has 0 atom stereocenters. The maximum Gasteiger partial charge on any atom is 0.265 e. The predicted octanol–water partition coefficient (Wildman–Crippen LogP) is 3.73. The molecule has 0 radical (unpaired) electrons. The number of nitrogens with one attached hydrogen (secondary N) is 1. The molecule has 0 spiro atoms. The number of benzene rings is 2. The van der Waals surface area contributed by atoms with Crippen LogP contribution in [0.3, 0.4) is 0 Å². The van der Waals surface area contributed by atoms with Gasteiger partial charge >= 0.3 is 0 Å². The van der Waals surface area contributed by atoms with E-state index in [0.29, 0.717) is 15.6 Å². The predicted molar refractivity (Wildman–Crippen MR) is 117 cm³/mol. The van der Waals surface area contributed by atoms with Gasteiger partial charge in [0.25, 0.3) is 15.9 Å². The van der Waals surface area contributed by atoms with Crippen molar-refractivity contribution in [1.29, 1.82) is 0 Å². The van der Waals surface area contributed by atoms with Crippen LogP contribution in [0.15, 0.2) is 82.9 Å². The number of amides is 1. The molecule has 30 heavy (non-hydrogen) atoms. The molecule has 1 amide bonds. The van der Waals surface area contributed by atoms with Crippen LogP contribution in [-0.4, -0.2) is 32.1 Å². The normalized spacial score (nSPS) is 11.4. The summed E-state index contributed by atoms with van der Waals surface area (Å²) in [5, 5.41) is 4.67. The van der Waals surface area contributed by atoms with Gasteiger partial charge in [-0.3, -0.25) is 4.79 Å². The molecular weight excluding hydrogens is 447 g/mol. The molecule has 7 nitrogen and oxygen atoms in total. The minimum Gasteiger partial charge on any atom is -0.271 e. The van der Waals surface area contributed by atoms with E-state index in [1.165, 1.54) is 30.6 Å². The first kappa shape index (κ1) is 21.8. The summed E-state index contributed by atoms with van der Waals surface area (Å²) in [5.41, 5.74) is 2.84. The Labute approximate surface area is 184 Å². The first-order chi connectivity index (χ1) is 14.4. The van der Waals surface area contributed by atoms with Crippen LogP contribution in [0.4, 0.5) is 5.82 Å². The van der Waals surface area contributed by atoms with Crippen molar-refractivity contribution in [3.63, 3.8) is 0 Å². The van der Waals surface area contributed by atoms with Gasteiger partial charge in [-0.05, 0) is 36.4 Å². The SMILES string of the molecule is O=C(CN(c1ccccn1)S(=O)(=O)c1ccccc1)N/N=C\c1ccc(Cl)cc1Cl. The van der Waals surface area contributed by atoms with Gasteiger partial charge in [0, 0.05) is 16.8 Å². The first-order valence-electron chi connectivity index (χ1n) is 8.64. The molecule has 10 heteroatoms. The molecular formula is C20H16Cl2N4O3S. The third-order valence-electron chi connectivity index (χ3n) is 3.88. The van der Waals surface area contributed by atoms with E-state index in [0.717, 1.165) is 4.31 Å². The Morgan fingerprint density at radius 1 is 1.07 bits per heavy atom. The fourth-order valence-electron chi connectivity index (χ4n) is 2.46. The van der Waals surface area contributed by atoms with Gasteiger partial charge in [-0.25, -0.2) is 23.1 Å². The summed E-state index contributed by atoms with van der Waals surface area (Å²) in [7, 11) is -4.02. The van der Waals surface area contributed by atoms with Crippen LogP contribution in [0, 0.1) is 0 Å². The van der Waals surface area contributed by atoms with Crippen molar-refractivity contribution in [2.24, 2.45) is 5.10 Å². The summed E-state index contributed by atoms with van der Waals surface area (Å²) in [6, 6.07) is 17.4. The smallest absolute Gasteiger partial charge is 0.265 e. The lowest BCUT2D eigenvalue weighted by molar-refractivity contribution is -0.119. The molecule has 0 aliphatic heterocycles. The van der Waals surface area contributed by atoms with Crippen molar-refractivity contribution >= 4 is 51.2 Å². The third kappa shape index (κ3) is 5.35. The first-order valence-corrected chi connectivity index (χ1v) is 10.8. The van der Waals surface area contributed by atoms with Gasteiger partial charge in [0.05, 0.1) is 16.1 Å². The Morgan fingerprint density at radius 2 is 1.80 bits per heavy atom. The molecule has 0 saturated heterocycles. The lowest BCUT2D eigenvalue weighted by atomic mass is 10.2. The van der Waals surface area contributed by atoms with E-state index in [1.54, 1.807) is 48.5 Å². The Morgan fingerprint density at radius 3 is 2.47 bits per heavy atom. The van der Waals surface area contributed by atoms with Crippen molar-refractivity contribution in [2.45, 2.75) is 4.90 Å². The minimum atomic E-state index is -4.02. The number of halogens is 2. The van der Waals surface area contributed by atoms with Crippen molar-refractivity contribution < 1.29 is 13.2 Å². The molecule has 3 rings (SSSR count). The summed E-state index contributed by atoms with van der Waals surface area (Å²) in [4.78, 5) is 16.5. The van der Waals surface area contributed by atoms with Gasteiger partial charge in [0.15, 0.2) is 0 Å². The Kier molecular flexibility index (Phi) is 7.04. The zero-order valence-corrected chi connectivity index (χ0v) is 17.8. The molecule has 0 aliphatic carbocycles. The summed E-state index contributed by atoms with van der Waals surface area (Å²) >= 11 is 11.9. The monoisotopic (exact) mass is 462 g/mol. The van der Waals surface area contributed by atoms with Crippen molar-refractivity contribution in [3.8, 4) is 0 Å². The van der Waals surface area contributed by atoms with Crippen molar-refractivity contribution in [2.75, 3.05) is 10.8 Å². The van der Waals surface area contributed by atoms with E-state index in [-0.39, 0.29) is 10.7 Å². The second-order valence-corrected chi connectivity index (χ2v) is 8.68. The Balaban J connectivity index is 1.80. The molecule has 0 bridgehead atoms. The second-order valence-electron chi connectivity index (χ2n) is 5.97. The second kappa shape index (κ2) is 9.71. The highest BCUT2D eigenvalue weighted by Crippen LogP contribution is 2.21. The highest BCUT2D eigenvalue weighted by Gasteiger charge is 2.27. The topological polar surface area (TPSA) is 91.7 Å². The number of nitrogens with zero attached hydrogens (tertiary/aromatic N) is 3. The highest BCUT2D eigenvalue weighted by molar-refractivity contribution is 7.92. The number of hydrazone groups is 1. The molecule has 3 aromatic rings. The molecule has 0 fully saturated rings. The van der Waals surface area contributed by atoms with Crippen LogP contribution >= 0.6 is 23.2 Å². The number of rotatable bonds is 7. The highest BCUT2D eigenvalue weighted by atomic mass is 35.5. The fourth-order valence-corrected chi connectivity index (χ4v) is 4.31. The lowest BCUT2D eigenvalue weighted by Crippen LogP contribution is -2.40. The van der Waals surface area contributed by atoms with Gasteiger partial charge in [-0.2, -0.15) is 5.10 Å². The molecule has 1 heterocycles. The van der Waals surface area contributed by atoms with E-state index in [4.69, 9.17) is 23.2 Å².